The number of hydrogen-bond donors (Lipinski definition) is 1. The molecule has 1 fully saturated rings. The predicted molar refractivity (Wildman–Crippen MR) is 139 cm³/mol. The van der Waals surface area contributed by atoms with Crippen LogP contribution in [0.25, 0.3) is 11.3 Å². The maximum atomic E-state index is 11.0. The van der Waals surface area contributed by atoms with Crippen LogP contribution in [-0.2, 0) is 0 Å². The second-order valence-corrected chi connectivity index (χ2v) is 8.80. The molecule has 2 aromatic heterocycles. The molecule has 0 aliphatic carbocycles. The summed E-state index contributed by atoms with van der Waals surface area (Å²) in [6, 6.07) is 23.6. The van der Waals surface area contributed by atoms with Crippen molar-refractivity contribution in [2.45, 2.75) is 12.1 Å². The van der Waals surface area contributed by atoms with Gasteiger partial charge in [-0.05, 0) is 72.9 Å². The number of aromatic nitrogens is 1. The monoisotopic (exact) mass is 485 g/mol. The first-order chi connectivity index (χ1) is 16.9. The first kappa shape index (κ1) is 22.5. The van der Waals surface area contributed by atoms with Gasteiger partial charge in [-0.25, -0.2) is 0 Å². The van der Waals surface area contributed by atoms with Crippen LogP contribution in [0.15, 0.2) is 89.5 Å². The van der Waals surface area contributed by atoms with E-state index in [9.17, 15) is 10.1 Å². The van der Waals surface area contributed by atoms with Gasteiger partial charge in [-0.15, -0.1) is 0 Å². The quantitative estimate of drug-likeness (QED) is 0.218. The lowest BCUT2D eigenvalue weighted by molar-refractivity contribution is -0.384. The molecular weight excluding hydrogens is 462 g/mol. The van der Waals surface area contributed by atoms with Crippen LogP contribution in [0, 0.1) is 10.1 Å². The van der Waals surface area contributed by atoms with Crippen LogP contribution in [0.1, 0.15) is 23.5 Å². The lowest BCUT2D eigenvalue weighted by Crippen LogP contribution is -2.29. The Morgan fingerprint density at radius 2 is 1.77 bits per heavy atom. The van der Waals surface area contributed by atoms with Crippen LogP contribution < -0.4 is 15.1 Å². The summed E-state index contributed by atoms with van der Waals surface area (Å²) in [6.07, 6.45) is 1.76. The van der Waals surface area contributed by atoms with Crippen molar-refractivity contribution in [1.29, 1.82) is 0 Å². The minimum atomic E-state index is -0.417. The van der Waals surface area contributed by atoms with Crippen molar-refractivity contribution in [3.8, 4) is 11.3 Å². The summed E-state index contributed by atoms with van der Waals surface area (Å²) in [5.41, 5.74) is 3.66. The molecule has 176 valence electrons. The maximum absolute atomic E-state index is 11.0. The molecule has 9 heteroatoms. The Balaban J connectivity index is 1.55. The Hall–Kier alpha value is -4.24. The summed E-state index contributed by atoms with van der Waals surface area (Å²) in [5, 5.41) is 15.0. The molecule has 1 saturated heterocycles. The highest BCUT2D eigenvalue weighted by molar-refractivity contribution is 7.80. The third-order valence-corrected chi connectivity index (χ3v) is 6.34. The van der Waals surface area contributed by atoms with Gasteiger partial charge in [0.2, 0.25) is 0 Å². The number of pyridine rings is 1. The van der Waals surface area contributed by atoms with E-state index in [1.807, 2.05) is 78.5 Å². The average molecular weight is 486 g/mol. The zero-order chi connectivity index (χ0) is 24.5. The lowest BCUT2D eigenvalue weighted by atomic mass is 10.0. The Bertz CT molecular complexity index is 1350. The Kier molecular flexibility index (Phi) is 5.92. The number of nitrogens with zero attached hydrogens (tertiary/aromatic N) is 4. The first-order valence-electron chi connectivity index (χ1n) is 11.0. The van der Waals surface area contributed by atoms with E-state index in [2.05, 4.69) is 10.3 Å². The molecule has 3 heterocycles. The number of thiocarbonyl (C=S) groups is 1. The molecule has 0 spiro atoms. The molecule has 8 nitrogen and oxygen atoms in total. The molecule has 2 atom stereocenters. The van der Waals surface area contributed by atoms with Gasteiger partial charge < -0.3 is 19.5 Å². The largest absolute Gasteiger partial charge is 0.459 e. The lowest BCUT2D eigenvalue weighted by Gasteiger charge is -2.26. The van der Waals surface area contributed by atoms with E-state index in [-0.39, 0.29) is 17.8 Å². The number of nitro groups is 1. The van der Waals surface area contributed by atoms with Crippen LogP contribution >= 0.6 is 12.2 Å². The molecule has 1 aliphatic rings. The molecule has 4 aromatic rings. The van der Waals surface area contributed by atoms with E-state index < -0.39 is 4.92 Å². The minimum absolute atomic E-state index is 0.0356. The third-order valence-electron chi connectivity index (χ3n) is 6.02. The van der Waals surface area contributed by atoms with Crippen molar-refractivity contribution in [3.05, 3.63) is 107 Å². The fourth-order valence-electron chi connectivity index (χ4n) is 4.25. The molecule has 0 amide bonds. The number of rotatable bonds is 6. The fourth-order valence-corrected chi connectivity index (χ4v) is 4.59. The molecule has 0 unspecified atom stereocenters. The number of furan rings is 1. The van der Waals surface area contributed by atoms with E-state index in [4.69, 9.17) is 16.6 Å². The van der Waals surface area contributed by atoms with Crippen molar-refractivity contribution < 1.29 is 9.34 Å². The van der Waals surface area contributed by atoms with E-state index in [0.29, 0.717) is 16.6 Å². The number of non-ortho nitro benzene ring substituents is 1. The normalized spacial score (nSPS) is 17.3. The van der Waals surface area contributed by atoms with Gasteiger partial charge in [0, 0.05) is 49.4 Å². The number of nitro benzene ring substituents is 1. The Labute approximate surface area is 208 Å². The highest BCUT2D eigenvalue weighted by Crippen LogP contribution is 2.43. The van der Waals surface area contributed by atoms with Gasteiger partial charge >= 0.3 is 0 Å². The zero-order valence-electron chi connectivity index (χ0n) is 19.2. The summed E-state index contributed by atoms with van der Waals surface area (Å²) < 4.78 is 6.32. The number of hydrogen-bond acceptors (Lipinski definition) is 6. The molecule has 2 aromatic carbocycles. The van der Waals surface area contributed by atoms with Gasteiger partial charge in [0.15, 0.2) is 5.11 Å². The number of anilines is 2. The van der Waals surface area contributed by atoms with Crippen LogP contribution in [0.3, 0.4) is 0 Å². The van der Waals surface area contributed by atoms with E-state index in [1.165, 1.54) is 12.1 Å². The number of nitrogens with one attached hydrogen (secondary N) is 1. The Morgan fingerprint density at radius 3 is 2.40 bits per heavy atom. The molecular formula is C26H23N5O3S. The summed E-state index contributed by atoms with van der Waals surface area (Å²) in [7, 11) is 4.00. The van der Waals surface area contributed by atoms with Gasteiger partial charge in [-0.2, -0.15) is 0 Å². The third kappa shape index (κ3) is 4.33. The van der Waals surface area contributed by atoms with Gasteiger partial charge in [0.25, 0.3) is 5.69 Å². The van der Waals surface area contributed by atoms with Gasteiger partial charge in [0.1, 0.15) is 17.6 Å². The van der Waals surface area contributed by atoms with Crippen molar-refractivity contribution in [2.24, 2.45) is 0 Å². The highest BCUT2D eigenvalue weighted by Gasteiger charge is 2.42. The van der Waals surface area contributed by atoms with E-state index in [1.54, 1.807) is 18.3 Å². The SMILES string of the molecule is CN(C)c1ccc(N2C(=S)N[C@@H](c3ccccn3)[C@@H]2c2ccc(-c3ccc([N+](=O)[O-])cc3)o2)cc1. The van der Waals surface area contributed by atoms with Crippen molar-refractivity contribution in [3.63, 3.8) is 0 Å². The summed E-state index contributed by atoms with van der Waals surface area (Å²) in [4.78, 5) is 19.2. The summed E-state index contributed by atoms with van der Waals surface area (Å²) >= 11 is 5.77. The van der Waals surface area contributed by atoms with Crippen LogP contribution in [0.4, 0.5) is 17.1 Å². The predicted octanol–water partition coefficient (Wildman–Crippen LogP) is 5.49. The smallest absolute Gasteiger partial charge is 0.269 e. The summed E-state index contributed by atoms with van der Waals surface area (Å²) in [6.45, 7) is 0. The van der Waals surface area contributed by atoms with E-state index in [0.717, 1.165) is 22.6 Å². The molecule has 0 bridgehead atoms. The number of benzene rings is 2. The minimum Gasteiger partial charge on any atom is -0.459 e. The second kappa shape index (κ2) is 9.19. The molecule has 0 radical (unpaired) electrons. The highest BCUT2D eigenvalue weighted by atomic mass is 32.1. The van der Waals surface area contributed by atoms with Crippen LogP contribution in [0.5, 0.6) is 0 Å². The second-order valence-electron chi connectivity index (χ2n) is 8.41. The Morgan fingerprint density at radius 1 is 1.03 bits per heavy atom. The topological polar surface area (TPSA) is 87.7 Å². The van der Waals surface area contributed by atoms with Gasteiger partial charge in [0.05, 0.1) is 16.7 Å². The summed E-state index contributed by atoms with van der Waals surface area (Å²) in [5.74, 6) is 1.33. The first-order valence-corrected chi connectivity index (χ1v) is 11.5. The standard InChI is InChI=1S/C26H23N5O3S/c1-29(2)18-10-12-19(13-11-18)30-25(24(28-26(30)35)21-5-3-4-16-27-21)23-15-14-22(34-23)17-6-8-20(9-7-17)31(32)33/h3-16,24-25H,1-2H3,(H,28,35)/t24-,25-/m0/s1. The molecule has 0 saturated carbocycles. The van der Waals surface area contributed by atoms with Crippen molar-refractivity contribution in [1.82, 2.24) is 10.3 Å². The molecule has 1 N–H and O–H groups in total. The molecule has 5 rings (SSSR count). The molecule has 35 heavy (non-hydrogen) atoms. The van der Waals surface area contributed by atoms with Gasteiger partial charge in [-0.3, -0.25) is 15.1 Å². The van der Waals surface area contributed by atoms with Crippen LogP contribution in [-0.4, -0.2) is 29.1 Å². The molecule has 1 aliphatic heterocycles. The zero-order valence-corrected chi connectivity index (χ0v) is 20.0. The van der Waals surface area contributed by atoms with Crippen molar-refractivity contribution >= 4 is 34.4 Å². The van der Waals surface area contributed by atoms with Crippen molar-refractivity contribution in [2.75, 3.05) is 23.9 Å². The average Bonchev–Trinajstić information content (AvgIpc) is 3.49. The maximum Gasteiger partial charge on any atom is 0.269 e. The van der Waals surface area contributed by atoms with Crippen LogP contribution in [0.2, 0.25) is 0 Å². The fraction of sp³-hybridized carbons (Fsp3) is 0.154. The van der Waals surface area contributed by atoms with E-state index >= 15 is 0 Å². The van der Waals surface area contributed by atoms with Gasteiger partial charge in [-0.1, -0.05) is 6.07 Å².